The first-order valence-corrected chi connectivity index (χ1v) is 8.36. The second-order valence-corrected chi connectivity index (χ2v) is 6.47. The highest BCUT2D eigenvalue weighted by atomic mass is 16.4. The molecule has 1 heterocycles. The van der Waals surface area contributed by atoms with Gasteiger partial charge in [0.15, 0.2) is 0 Å². The summed E-state index contributed by atoms with van der Waals surface area (Å²) >= 11 is 0. The van der Waals surface area contributed by atoms with Crippen molar-refractivity contribution in [1.29, 1.82) is 0 Å². The molecular weight excluding hydrogens is 268 g/mol. The number of carboxylic acids is 1. The van der Waals surface area contributed by atoms with Gasteiger partial charge in [-0.05, 0) is 44.4 Å². The summed E-state index contributed by atoms with van der Waals surface area (Å²) in [7, 11) is 0. The Hall–Kier alpha value is -1.26. The van der Waals surface area contributed by atoms with Crippen molar-refractivity contribution < 1.29 is 14.7 Å². The molecule has 0 radical (unpaired) electrons. The molecule has 0 unspecified atom stereocenters. The summed E-state index contributed by atoms with van der Waals surface area (Å²) in [6, 6.07) is 0.130. The van der Waals surface area contributed by atoms with E-state index in [1.165, 1.54) is 25.7 Å². The molecule has 0 bridgehead atoms. The number of hydrogen-bond acceptors (Lipinski definition) is 2. The molecule has 1 aliphatic carbocycles. The minimum Gasteiger partial charge on any atom is -0.480 e. The van der Waals surface area contributed by atoms with Gasteiger partial charge in [0.05, 0.1) is 0 Å². The Morgan fingerprint density at radius 3 is 2.38 bits per heavy atom. The second kappa shape index (κ2) is 6.67. The Balaban J connectivity index is 2.09. The van der Waals surface area contributed by atoms with Crippen LogP contribution in [0.3, 0.4) is 0 Å². The number of carboxylic acid groups (broad SMARTS) is 1. The number of nitrogens with zero attached hydrogens (tertiary/aromatic N) is 1. The van der Waals surface area contributed by atoms with Gasteiger partial charge in [-0.2, -0.15) is 0 Å². The third-order valence-corrected chi connectivity index (χ3v) is 5.47. The van der Waals surface area contributed by atoms with E-state index in [0.717, 1.165) is 19.4 Å². The van der Waals surface area contributed by atoms with E-state index in [4.69, 9.17) is 0 Å². The van der Waals surface area contributed by atoms with E-state index in [2.05, 4.69) is 5.32 Å². The number of carbonyl (C=O) groups is 2. The fourth-order valence-electron chi connectivity index (χ4n) is 3.94. The summed E-state index contributed by atoms with van der Waals surface area (Å²) in [6.07, 6.45) is 7.78. The zero-order valence-electron chi connectivity index (χ0n) is 13.2. The molecule has 0 aromatic rings. The van der Waals surface area contributed by atoms with Crippen molar-refractivity contribution in [3.8, 4) is 0 Å². The summed E-state index contributed by atoms with van der Waals surface area (Å²) in [6.45, 7) is 4.39. The van der Waals surface area contributed by atoms with Crippen LogP contribution in [0.2, 0.25) is 0 Å². The maximum absolute atomic E-state index is 12.6. The predicted octanol–water partition coefficient (Wildman–Crippen LogP) is 2.99. The van der Waals surface area contributed by atoms with Gasteiger partial charge in [0.2, 0.25) is 0 Å². The molecule has 0 spiro atoms. The first-order valence-electron chi connectivity index (χ1n) is 8.36. The molecule has 0 aromatic carbocycles. The van der Waals surface area contributed by atoms with Crippen LogP contribution in [-0.4, -0.2) is 40.1 Å². The van der Waals surface area contributed by atoms with E-state index in [1.807, 2.05) is 18.7 Å². The molecule has 1 aliphatic heterocycles. The number of likely N-dealkylation sites (tertiary alicyclic amines) is 1. The molecule has 2 aliphatic rings. The van der Waals surface area contributed by atoms with E-state index >= 15 is 0 Å². The van der Waals surface area contributed by atoms with E-state index in [-0.39, 0.29) is 6.03 Å². The maximum atomic E-state index is 12.6. The molecule has 2 N–H and O–H groups in total. The number of carbonyl (C=O) groups excluding carboxylic acids is 1. The minimum absolute atomic E-state index is 0.183. The van der Waals surface area contributed by atoms with Crippen molar-refractivity contribution in [2.24, 2.45) is 5.92 Å². The molecule has 5 nitrogen and oxygen atoms in total. The summed E-state index contributed by atoms with van der Waals surface area (Å²) < 4.78 is 0. The molecule has 1 saturated carbocycles. The van der Waals surface area contributed by atoms with Crippen molar-refractivity contribution in [2.45, 2.75) is 76.8 Å². The average molecular weight is 296 g/mol. The summed E-state index contributed by atoms with van der Waals surface area (Å²) in [5, 5.41) is 12.3. The van der Waals surface area contributed by atoms with Gasteiger partial charge in [0.1, 0.15) is 5.54 Å². The number of aliphatic carboxylic acids is 1. The molecule has 2 amide bonds. The van der Waals surface area contributed by atoms with Gasteiger partial charge in [0, 0.05) is 12.6 Å². The number of piperidine rings is 1. The lowest BCUT2D eigenvalue weighted by atomic mass is 9.78. The van der Waals surface area contributed by atoms with Crippen molar-refractivity contribution in [1.82, 2.24) is 10.2 Å². The second-order valence-electron chi connectivity index (χ2n) is 6.47. The number of nitrogens with one attached hydrogen (secondary N) is 1. The van der Waals surface area contributed by atoms with Crippen LogP contribution < -0.4 is 5.32 Å². The summed E-state index contributed by atoms with van der Waals surface area (Å²) in [4.78, 5) is 26.1. The number of urea groups is 1. The molecule has 21 heavy (non-hydrogen) atoms. The lowest BCUT2D eigenvalue weighted by Crippen LogP contribution is -2.61. The van der Waals surface area contributed by atoms with Crippen molar-refractivity contribution in [3.63, 3.8) is 0 Å². The largest absolute Gasteiger partial charge is 0.480 e. The Bertz CT molecular complexity index is 391. The Labute approximate surface area is 127 Å². The SMILES string of the molecule is CCC(CC)(NC(=O)N1CCC[C@H]2CCCC[C@H]21)C(=O)O. The Morgan fingerprint density at radius 1 is 1.14 bits per heavy atom. The van der Waals surface area contributed by atoms with Crippen molar-refractivity contribution in [3.05, 3.63) is 0 Å². The molecule has 2 atom stereocenters. The fraction of sp³-hybridized carbons (Fsp3) is 0.875. The zero-order valence-corrected chi connectivity index (χ0v) is 13.2. The smallest absolute Gasteiger partial charge is 0.329 e. The first-order chi connectivity index (χ1) is 10.0. The minimum atomic E-state index is -1.13. The Morgan fingerprint density at radius 2 is 1.76 bits per heavy atom. The number of hydrogen-bond donors (Lipinski definition) is 2. The van der Waals surface area contributed by atoms with Crippen LogP contribution in [0.5, 0.6) is 0 Å². The lowest BCUT2D eigenvalue weighted by molar-refractivity contribution is -0.144. The molecule has 5 heteroatoms. The number of amides is 2. The van der Waals surface area contributed by atoms with Gasteiger partial charge in [-0.3, -0.25) is 0 Å². The summed E-state index contributed by atoms with van der Waals surface area (Å²) in [5.74, 6) is -0.321. The highest BCUT2D eigenvalue weighted by Crippen LogP contribution is 2.35. The van der Waals surface area contributed by atoms with Crippen LogP contribution in [0.15, 0.2) is 0 Å². The topological polar surface area (TPSA) is 69.6 Å². The third kappa shape index (κ3) is 3.16. The first kappa shape index (κ1) is 16.1. The third-order valence-electron chi connectivity index (χ3n) is 5.47. The van der Waals surface area contributed by atoms with Crippen LogP contribution in [0.25, 0.3) is 0 Å². The average Bonchev–Trinajstić information content (AvgIpc) is 2.51. The standard InChI is InChI=1S/C16H28N2O3/c1-3-16(4-2,14(19)20)17-15(21)18-11-7-9-12-8-5-6-10-13(12)18/h12-13H,3-11H2,1-2H3,(H,17,21)(H,19,20)/t12-,13-/m1/s1. The summed E-state index contributed by atoms with van der Waals surface area (Å²) in [5.41, 5.74) is -1.13. The van der Waals surface area contributed by atoms with Gasteiger partial charge >= 0.3 is 12.0 Å². The monoisotopic (exact) mass is 296 g/mol. The van der Waals surface area contributed by atoms with Gasteiger partial charge in [-0.25, -0.2) is 9.59 Å². The maximum Gasteiger partial charge on any atom is 0.329 e. The Kier molecular flexibility index (Phi) is 5.12. The highest BCUT2D eigenvalue weighted by Gasteiger charge is 2.41. The quantitative estimate of drug-likeness (QED) is 0.838. The fourth-order valence-corrected chi connectivity index (χ4v) is 3.94. The van der Waals surface area contributed by atoms with Crippen LogP contribution in [0.1, 0.15) is 65.2 Å². The molecule has 2 fully saturated rings. The van der Waals surface area contributed by atoms with Crippen LogP contribution in [0, 0.1) is 5.92 Å². The van der Waals surface area contributed by atoms with Gasteiger partial charge in [-0.1, -0.05) is 26.7 Å². The van der Waals surface area contributed by atoms with Crippen LogP contribution in [-0.2, 0) is 4.79 Å². The van der Waals surface area contributed by atoms with Gasteiger partial charge in [0.25, 0.3) is 0 Å². The van der Waals surface area contributed by atoms with Gasteiger partial charge < -0.3 is 15.3 Å². The van der Waals surface area contributed by atoms with E-state index in [0.29, 0.717) is 24.8 Å². The molecule has 1 saturated heterocycles. The molecule has 0 aromatic heterocycles. The number of fused-ring (bicyclic) bond motifs is 1. The molecule has 120 valence electrons. The zero-order chi connectivity index (χ0) is 15.5. The van der Waals surface area contributed by atoms with E-state index in [1.54, 1.807) is 0 Å². The molecule has 2 rings (SSSR count). The van der Waals surface area contributed by atoms with Crippen LogP contribution >= 0.6 is 0 Å². The predicted molar refractivity (Wildman–Crippen MR) is 81.2 cm³/mol. The van der Waals surface area contributed by atoms with Crippen molar-refractivity contribution in [2.75, 3.05) is 6.54 Å². The highest BCUT2D eigenvalue weighted by molar-refractivity contribution is 5.86. The van der Waals surface area contributed by atoms with Crippen LogP contribution in [0.4, 0.5) is 4.79 Å². The number of rotatable bonds is 4. The molecular formula is C16H28N2O3. The van der Waals surface area contributed by atoms with Crippen molar-refractivity contribution >= 4 is 12.0 Å². The normalized spacial score (nSPS) is 26.1. The van der Waals surface area contributed by atoms with Gasteiger partial charge in [-0.15, -0.1) is 0 Å². The lowest BCUT2D eigenvalue weighted by Gasteiger charge is -2.45. The van der Waals surface area contributed by atoms with E-state index in [9.17, 15) is 14.7 Å². The van der Waals surface area contributed by atoms with E-state index < -0.39 is 11.5 Å².